The number of piperazine rings is 1. The predicted octanol–water partition coefficient (Wildman–Crippen LogP) is 5.22. The van der Waals surface area contributed by atoms with E-state index in [9.17, 15) is 9.59 Å². The number of pyridine rings is 1. The van der Waals surface area contributed by atoms with Gasteiger partial charge in [0.1, 0.15) is 5.82 Å². The summed E-state index contributed by atoms with van der Waals surface area (Å²) >= 11 is 0. The van der Waals surface area contributed by atoms with E-state index in [-0.39, 0.29) is 11.8 Å². The zero-order chi connectivity index (χ0) is 28.9. The maximum atomic E-state index is 12.7. The normalized spacial score (nSPS) is 13.6. The molecule has 2 N–H and O–H groups in total. The number of aromatic nitrogens is 3. The van der Waals surface area contributed by atoms with Gasteiger partial charge in [0.25, 0.3) is 5.91 Å². The zero-order valence-electron chi connectivity index (χ0n) is 23.3. The summed E-state index contributed by atoms with van der Waals surface area (Å²) in [5.74, 6) is 0.519. The number of hydrogen-bond donors (Lipinski definition) is 2. The van der Waals surface area contributed by atoms with Gasteiger partial charge in [-0.1, -0.05) is 24.3 Å². The number of carbonyl (C=O) groups is 2. The number of carbonyl (C=O) groups excluding carboxylic acids is 2. The molecule has 1 aliphatic rings. The van der Waals surface area contributed by atoms with Crippen LogP contribution in [0, 0.1) is 0 Å². The van der Waals surface area contributed by atoms with Crippen molar-refractivity contribution in [1.82, 2.24) is 19.9 Å². The maximum absolute atomic E-state index is 12.7. The molecule has 9 heteroatoms. The van der Waals surface area contributed by atoms with Gasteiger partial charge in [-0.2, -0.15) is 0 Å². The fraction of sp³-hybridized carbons (Fsp3) is 0.182. The Morgan fingerprint density at radius 1 is 0.786 bits per heavy atom. The molecule has 3 aromatic carbocycles. The molecule has 1 fully saturated rings. The van der Waals surface area contributed by atoms with Crippen LogP contribution in [0.3, 0.4) is 0 Å². The van der Waals surface area contributed by atoms with Gasteiger partial charge in [0.15, 0.2) is 0 Å². The van der Waals surface area contributed by atoms with Crippen LogP contribution in [-0.2, 0) is 11.3 Å². The van der Waals surface area contributed by atoms with Crippen LogP contribution in [0.1, 0.15) is 22.8 Å². The lowest BCUT2D eigenvalue weighted by Gasteiger charge is -2.35. The predicted molar refractivity (Wildman–Crippen MR) is 165 cm³/mol. The van der Waals surface area contributed by atoms with Crippen LogP contribution in [-0.4, -0.2) is 57.8 Å². The molecule has 1 saturated heterocycles. The monoisotopic (exact) mass is 557 g/mol. The minimum atomic E-state index is -0.219. The average Bonchev–Trinajstić information content (AvgIpc) is 3.02. The Bertz CT molecular complexity index is 1700. The fourth-order valence-corrected chi connectivity index (χ4v) is 5.08. The summed E-state index contributed by atoms with van der Waals surface area (Å²) in [5.41, 5.74) is 6.83. The van der Waals surface area contributed by atoms with Crippen LogP contribution >= 0.6 is 0 Å². The summed E-state index contributed by atoms with van der Waals surface area (Å²) in [6, 6.07) is 24.7. The number of anilines is 3. The first-order chi connectivity index (χ1) is 20.5. The molecule has 42 heavy (non-hydrogen) atoms. The van der Waals surface area contributed by atoms with E-state index in [1.165, 1.54) is 12.5 Å². The molecule has 5 aromatic rings. The van der Waals surface area contributed by atoms with E-state index < -0.39 is 0 Å². The lowest BCUT2D eigenvalue weighted by Crippen LogP contribution is -2.46. The van der Waals surface area contributed by atoms with Crippen LogP contribution in [0.5, 0.6) is 0 Å². The molecule has 9 nitrogen and oxygen atoms in total. The van der Waals surface area contributed by atoms with E-state index >= 15 is 0 Å². The van der Waals surface area contributed by atoms with Crippen molar-refractivity contribution < 1.29 is 9.59 Å². The third kappa shape index (κ3) is 6.42. The molecule has 2 amide bonds. The molecule has 1 aliphatic heterocycles. The number of amides is 2. The van der Waals surface area contributed by atoms with Crippen LogP contribution in [0.2, 0.25) is 0 Å². The summed E-state index contributed by atoms with van der Waals surface area (Å²) in [5, 5.41) is 5.62. The lowest BCUT2D eigenvalue weighted by molar-refractivity contribution is -0.114. The highest BCUT2D eigenvalue weighted by Gasteiger charge is 2.19. The lowest BCUT2D eigenvalue weighted by atomic mass is 10.0. The molecule has 0 atom stereocenters. The minimum Gasteiger partial charge on any atom is -0.353 e. The number of rotatable bonds is 7. The van der Waals surface area contributed by atoms with Crippen molar-refractivity contribution in [2.75, 3.05) is 41.7 Å². The standard InChI is InChI=1S/C33H31N7O2/c1-23(41)36-28-11-6-26(7-12-28)33(42)37-29-9-4-25(5-10-29)27-8-13-30-31(19-27)38-32(21-35-30)40-17-15-39(16-18-40)22-24-3-2-14-34-20-24/h2-14,19-21H,15-18,22H2,1H3,(H,36,41)(H,37,42). The van der Waals surface area contributed by atoms with E-state index in [1.807, 2.05) is 54.9 Å². The van der Waals surface area contributed by atoms with Gasteiger partial charge in [-0.15, -0.1) is 0 Å². The van der Waals surface area contributed by atoms with Gasteiger partial charge in [0.2, 0.25) is 5.91 Å². The Morgan fingerprint density at radius 2 is 1.50 bits per heavy atom. The van der Waals surface area contributed by atoms with Gasteiger partial charge in [-0.3, -0.25) is 24.5 Å². The molecule has 0 aliphatic carbocycles. The highest BCUT2D eigenvalue weighted by Crippen LogP contribution is 2.26. The molecule has 0 unspecified atom stereocenters. The molecule has 0 spiro atoms. The first-order valence-electron chi connectivity index (χ1n) is 13.9. The maximum Gasteiger partial charge on any atom is 0.255 e. The quantitative estimate of drug-likeness (QED) is 0.283. The van der Waals surface area contributed by atoms with Crippen molar-refractivity contribution in [2.45, 2.75) is 13.5 Å². The molecule has 2 aromatic heterocycles. The van der Waals surface area contributed by atoms with Crippen molar-refractivity contribution in [3.8, 4) is 11.1 Å². The first-order valence-corrected chi connectivity index (χ1v) is 13.9. The summed E-state index contributed by atoms with van der Waals surface area (Å²) in [6.07, 6.45) is 5.60. The van der Waals surface area contributed by atoms with Gasteiger partial charge < -0.3 is 15.5 Å². The second-order valence-corrected chi connectivity index (χ2v) is 10.3. The topological polar surface area (TPSA) is 103 Å². The summed E-state index contributed by atoms with van der Waals surface area (Å²) in [4.78, 5) is 42.5. The molecular weight excluding hydrogens is 526 g/mol. The van der Waals surface area contributed by atoms with Crippen LogP contribution in [0.25, 0.3) is 22.2 Å². The second-order valence-electron chi connectivity index (χ2n) is 10.3. The molecule has 0 radical (unpaired) electrons. The van der Waals surface area contributed by atoms with E-state index in [0.29, 0.717) is 16.9 Å². The van der Waals surface area contributed by atoms with Gasteiger partial charge in [0, 0.05) is 69.0 Å². The fourth-order valence-electron chi connectivity index (χ4n) is 5.08. The van der Waals surface area contributed by atoms with Crippen molar-refractivity contribution in [2.24, 2.45) is 0 Å². The highest BCUT2D eigenvalue weighted by molar-refractivity contribution is 6.04. The van der Waals surface area contributed by atoms with E-state index in [1.54, 1.807) is 30.5 Å². The number of nitrogens with zero attached hydrogens (tertiary/aromatic N) is 5. The van der Waals surface area contributed by atoms with Crippen molar-refractivity contribution in [1.29, 1.82) is 0 Å². The van der Waals surface area contributed by atoms with Gasteiger partial charge in [0.05, 0.1) is 17.2 Å². The Hall–Kier alpha value is -5.15. The molecule has 6 rings (SSSR count). The number of fused-ring (bicyclic) bond motifs is 1. The number of hydrogen-bond acceptors (Lipinski definition) is 7. The molecule has 210 valence electrons. The largest absolute Gasteiger partial charge is 0.353 e. The van der Waals surface area contributed by atoms with Gasteiger partial charge >= 0.3 is 0 Å². The zero-order valence-corrected chi connectivity index (χ0v) is 23.3. The van der Waals surface area contributed by atoms with Gasteiger partial charge in [-0.05, 0) is 71.3 Å². The third-order valence-electron chi connectivity index (χ3n) is 7.30. The van der Waals surface area contributed by atoms with Crippen LogP contribution in [0.15, 0.2) is 97.5 Å². The summed E-state index contributed by atoms with van der Waals surface area (Å²) < 4.78 is 0. The van der Waals surface area contributed by atoms with Crippen molar-refractivity contribution in [3.63, 3.8) is 0 Å². The highest BCUT2D eigenvalue weighted by atomic mass is 16.2. The molecule has 0 bridgehead atoms. The van der Waals surface area contributed by atoms with E-state index in [4.69, 9.17) is 4.98 Å². The van der Waals surface area contributed by atoms with Crippen molar-refractivity contribution in [3.05, 3.63) is 109 Å². The van der Waals surface area contributed by atoms with Crippen LogP contribution < -0.4 is 15.5 Å². The summed E-state index contributed by atoms with van der Waals surface area (Å²) in [7, 11) is 0. The number of benzene rings is 3. The first kappa shape index (κ1) is 27.0. The van der Waals surface area contributed by atoms with Gasteiger partial charge in [-0.25, -0.2) is 4.98 Å². The smallest absolute Gasteiger partial charge is 0.255 e. The molecule has 3 heterocycles. The average molecular weight is 558 g/mol. The number of nitrogens with one attached hydrogen (secondary N) is 2. The second kappa shape index (κ2) is 12.2. The Morgan fingerprint density at radius 3 is 2.21 bits per heavy atom. The Kier molecular flexibility index (Phi) is 7.83. The molecular formula is C33H31N7O2. The minimum absolute atomic E-state index is 0.155. The van der Waals surface area contributed by atoms with Crippen LogP contribution in [0.4, 0.5) is 17.2 Å². The van der Waals surface area contributed by atoms with E-state index in [0.717, 1.165) is 60.7 Å². The van der Waals surface area contributed by atoms with Crippen molar-refractivity contribution >= 4 is 40.0 Å². The van der Waals surface area contributed by atoms with E-state index in [2.05, 4.69) is 42.5 Å². The Balaban J connectivity index is 1.10. The summed E-state index contributed by atoms with van der Waals surface area (Å²) in [6.45, 7) is 6.06. The SMILES string of the molecule is CC(=O)Nc1ccc(C(=O)Nc2ccc(-c3ccc4ncc(N5CCN(Cc6cccnc6)CC5)nc4c3)cc2)cc1. The third-order valence-corrected chi connectivity index (χ3v) is 7.30. The Labute approximate surface area is 244 Å². The molecule has 0 saturated carbocycles.